The van der Waals surface area contributed by atoms with E-state index in [2.05, 4.69) is 5.32 Å². The van der Waals surface area contributed by atoms with Gasteiger partial charge in [0.2, 0.25) is 0 Å². The highest BCUT2D eigenvalue weighted by Crippen LogP contribution is 2.31. The van der Waals surface area contributed by atoms with Crippen molar-refractivity contribution >= 4 is 23.9 Å². The van der Waals surface area contributed by atoms with Crippen LogP contribution in [0.3, 0.4) is 0 Å². The van der Waals surface area contributed by atoms with E-state index in [0.29, 0.717) is 12.0 Å². The van der Waals surface area contributed by atoms with E-state index in [1.54, 1.807) is 18.2 Å². The van der Waals surface area contributed by atoms with E-state index in [1.807, 2.05) is 48.5 Å². The number of methoxy groups -OCH3 is 1. The van der Waals surface area contributed by atoms with Crippen LogP contribution in [0.5, 0.6) is 11.5 Å². The summed E-state index contributed by atoms with van der Waals surface area (Å²) in [6, 6.07) is 4.13. The number of benzene rings is 1. The van der Waals surface area contributed by atoms with E-state index >= 15 is 0 Å². The van der Waals surface area contributed by atoms with Gasteiger partial charge in [0, 0.05) is 19.4 Å². The first-order chi connectivity index (χ1) is 18.4. The Hall–Kier alpha value is -2.94. The second-order valence-electron chi connectivity index (χ2n) is 10.8. The van der Waals surface area contributed by atoms with Crippen LogP contribution in [0.4, 0.5) is 0 Å². The second kappa shape index (κ2) is 16.9. The van der Waals surface area contributed by atoms with Gasteiger partial charge in [-0.25, -0.2) is 0 Å². The van der Waals surface area contributed by atoms with Crippen molar-refractivity contribution in [3.63, 3.8) is 0 Å². The van der Waals surface area contributed by atoms with Crippen molar-refractivity contribution in [1.29, 1.82) is 0 Å². The summed E-state index contributed by atoms with van der Waals surface area (Å²) >= 11 is 0. The number of nitrogens with one attached hydrogen (secondary N) is 1. The summed E-state index contributed by atoms with van der Waals surface area (Å²) < 4.78 is 21.5. The van der Waals surface area contributed by atoms with Crippen LogP contribution in [0.25, 0.3) is 0 Å². The van der Waals surface area contributed by atoms with Crippen molar-refractivity contribution in [3.05, 3.63) is 23.8 Å². The molecule has 0 amide bonds. The van der Waals surface area contributed by atoms with Gasteiger partial charge in [0.1, 0.15) is 12.6 Å². The molecular formula is C30H47NO8. The van der Waals surface area contributed by atoms with Crippen LogP contribution in [0.2, 0.25) is 0 Å². The molecule has 1 N–H and O–H groups in total. The quantitative estimate of drug-likeness (QED) is 0.162. The van der Waals surface area contributed by atoms with Gasteiger partial charge in [0.25, 0.3) is 0 Å². The predicted octanol–water partition coefficient (Wildman–Crippen LogP) is 5.02. The minimum Gasteiger partial charge on any atom is -0.468 e. The van der Waals surface area contributed by atoms with E-state index in [0.717, 1.165) is 12.8 Å². The maximum Gasteiger partial charge on any atom is 0.323 e. The summed E-state index contributed by atoms with van der Waals surface area (Å²) in [5.41, 5.74) is 0.0830. The van der Waals surface area contributed by atoms with E-state index in [-0.39, 0.29) is 61.7 Å². The fourth-order valence-electron chi connectivity index (χ4n) is 3.36. The lowest BCUT2D eigenvalue weighted by molar-refractivity contribution is -0.154. The molecule has 0 fully saturated rings. The first-order valence-electron chi connectivity index (χ1n) is 13.9. The lowest BCUT2D eigenvalue weighted by atomic mass is 9.91. The SMILES string of the molecule is CCC(C)CC(=O)Oc1ccc(C[C@H](NCCOC(=O)C(C)(C)CC)C(=O)OC)cc1OC(=O)CC(C)CC. The predicted molar refractivity (Wildman–Crippen MR) is 148 cm³/mol. The molecule has 0 aliphatic carbocycles. The zero-order valence-corrected chi connectivity index (χ0v) is 24.9. The number of esters is 4. The Morgan fingerprint density at radius 3 is 1.97 bits per heavy atom. The third kappa shape index (κ3) is 12.2. The Bertz CT molecular complexity index is 958. The molecule has 1 aromatic rings. The third-order valence-electron chi connectivity index (χ3n) is 6.97. The number of carbonyl (C=O) groups excluding carboxylic acids is 4. The average molecular weight is 550 g/mol. The summed E-state index contributed by atoms with van der Waals surface area (Å²) in [7, 11) is 1.29. The maximum absolute atomic E-state index is 12.6. The first-order valence-corrected chi connectivity index (χ1v) is 13.9. The first kappa shape index (κ1) is 34.1. The van der Waals surface area contributed by atoms with Gasteiger partial charge < -0.3 is 24.3 Å². The van der Waals surface area contributed by atoms with Crippen LogP contribution in [-0.2, 0) is 35.1 Å². The van der Waals surface area contributed by atoms with Crippen LogP contribution in [0, 0.1) is 17.3 Å². The van der Waals surface area contributed by atoms with Gasteiger partial charge in [-0.05, 0) is 56.2 Å². The van der Waals surface area contributed by atoms with Crippen LogP contribution in [0.1, 0.15) is 86.1 Å². The molecule has 0 bridgehead atoms. The molecule has 2 unspecified atom stereocenters. The van der Waals surface area contributed by atoms with E-state index in [9.17, 15) is 19.2 Å². The molecule has 1 rings (SSSR count). The zero-order valence-electron chi connectivity index (χ0n) is 24.9. The lowest BCUT2D eigenvalue weighted by Gasteiger charge is -2.21. The minimum atomic E-state index is -0.740. The van der Waals surface area contributed by atoms with Crippen molar-refractivity contribution < 1.29 is 38.1 Å². The van der Waals surface area contributed by atoms with Crippen molar-refractivity contribution in [2.75, 3.05) is 20.3 Å². The summed E-state index contributed by atoms with van der Waals surface area (Å²) in [4.78, 5) is 49.7. The molecule has 0 aromatic heterocycles. The molecule has 39 heavy (non-hydrogen) atoms. The Morgan fingerprint density at radius 2 is 1.46 bits per heavy atom. The van der Waals surface area contributed by atoms with Crippen molar-refractivity contribution in [1.82, 2.24) is 5.32 Å². The molecule has 0 saturated carbocycles. The molecular weight excluding hydrogens is 502 g/mol. The lowest BCUT2D eigenvalue weighted by Crippen LogP contribution is -2.41. The number of hydrogen-bond acceptors (Lipinski definition) is 9. The molecule has 1 aromatic carbocycles. The van der Waals surface area contributed by atoms with Gasteiger partial charge in [-0.3, -0.25) is 19.2 Å². The van der Waals surface area contributed by atoms with Crippen molar-refractivity contribution in [2.45, 2.75) is 93.0 Å². The molecule has 3 atom stereocenters. The van der Waals surface area contributed by atoms with Crippen LogP contribution >= 0.6 is 0 Å². The van der Waals surface area contributed by atoms with E-state index in [4.69, 9.17) is 18.9 Å². The number of rotatable bonds is 17. The maximum atomic E-state index is 12.6. The van der Waals surface area contributed by atoms with E-state index < -0.39 is 29.4 Å². The number of carbonyl (C=O) groups is 4. The van der Waals surface area contributed by atoms with Gasteiger partial charge in [0.15, 0.2) is 11.5 Å². The summed E-state index contributed by atoms with van der Waals surface area (Å²) in [6.45, 7) is 13.8. The zero-order chi connectivity index (χ0) is 29.6. The van der Waals surface area contributed by atoms with Gasteiger partial charge in [-0.2, -0.15) is 0 Å². The fourth-order valence-corrected chi connectivity index (χ4v) is 3.36. The molecule has 0 heterocycles. The van der Waals surface area contributed by atoms with Gasteiger partial charge in [-0.1, -0.05) is 53.5 Å². The molecule has 9 heteroatoms. The Balaban J connectivity index is 3.05. The third-order valence-corrected chi connectivity index (χ3v) is 6.97. The Labute approximate surface area is 233 Å². The summed E-state index contributed by atoms with van der Waals surface area (Å²) in [6.07, 6.45) is 2.98. The molecule has 0 aliphatic heterocycles. The molecule has 0 radical (unpaired) electrons. The second-order valence-corrected chi connectivity index (χ2v) is 10.8. The van der Waals surface area contributed by atoms with Crippen LogP contribution in [-0.4, -0.2) is 50.2 Å². The van der Waals surface area contributed by atoms with Gasteiger partial charge >= 0.3 is 23.9 Å². The van der Waals surface area contributed by atoms with Gasteiger partial charge in [0.05, 0.1) is 12.5 Å². The standard InChI is InChI=1S/C30H47NO8/c1-9-20(4)16-26(32)38-24-13-12-22(19-25(24)39-27(33)17-21(5)10-2)18-23(28(34)36-8)31-14-15-37-29(35)30(6,7)11-3/h12-13,19-21,23,31H,9-11,14-18H2,1-8H3/t20?,21?,23-/m0/s1. The Morgan fingerprint density at radius 1 is 0.897 bits per heavy atom. The van der Waals surface area contributed by atoms with Gasteiger partial charge in [-0.15, -0.1) is 0 Å². The van der Waals surface area contributed by atoms with Crippen LogP contribution < -0.4 is 14.8 Å². The highest BCUT2D eigenvalue weighted by atomic mass is 16.6. The molecule has 0 aliphatic rings. The molecule has 0 spiro atoms. The average Bonchev–Trinajstić information content (AvgIpc) is 2.90. The molecule has 0 saturated heterocycles. The topological polar surface area (TPSA) is 117 Å². The van der Waals surface area contributed by atoms with Crippen molar-refractivity contribution in [2.24, 2.45) is 17.3 Å². The Kier molecular flexibility index (Phi) is 14.8. The normalized spacial score (nSPS) is 13.6. The summed E-state index contributed by atoms with van der Waals surface area (Å²) in [5.74, 6) is -1.06. The molecule has 9 nitrogen and oxygen atoms in total. The van der Waals surface area contributed by atoms with Crippen LogP contribution in [0.15, 0.2) is 18.2 Å². The largest absolute Gasteiger partial charge is 0.468 e. The van der Waals surface area contributed by atoms with E-state index in [1.165, 1.54) is 7.11 Å². The minimum absolute atomic E-state index is 0.0965. The highest BCUT2D eigenvalue weighted by molar-refractivity contribution is 5.78. The number of hydrogen-bond donors (Lipinski definition) is 1. The summed E-state index contributed by atoms with van der Waals surface area (Å²) in [5, 5.41) is 3.07. The monoisotopic (exact) mass is 549 g/mol. The smallest absolute Gasteiger partial charge is 0.323 e. The highest BCUT2D eigenvalue weighted by Gasteiger charge is 2.27. The van der Waals surface area contributed by atoms with Crippen molar-refractivity contribution in [3.8, 4) is 11.5 Å². The molecule has 220 valence electrons. The fraction of sp³-hybridized carbons (Fsp3) is 0.667. The number of ether oxygens (including phenoxy) is 4.